The van der Waals surface area contributed by atoms with Crippen molar-refractivity contribution in [2.75, 3.05) is 39.8 Å². The molecule has 0 aliphatic carbocycles. The minimum Gasteiger partial charge on any atom is -0.469 e. The molecule has 1 fully saturated rings. The van der Waals surface area contributed by atoms with E-state index in [1.165, 1.54) is 12.7 Å². The Labute approximate surface area is 193 Å². The van der Waals surface area contributed by atoms with Crippen LogP contribution in [0.4, 0.5) is 0 Å². The van der Waals surface area contributed by atoms with Crippen molar-refractivity contribution >= 4 is 17.8 Å². The van der Waals surface area contributed by atoms with Gasteiger partial charge in [0.15, 0.2) is 5.69 Å². The van der Waals surface area contributed by atoms with Gasteiger partial charge in [-0.05, 0) is 18.4 Å². The Morgan fingerprint density at radius 3 is 2.70 bits per heavy atom. The summed E-state index contributed by atoms with van der Waals surface area (Å²) in [5.74, 6) is -0.587. The number of benzene rings is 1. The van der Waals surface area contributed by atoms with Crippen molar-refractivity contribution in [1.82, 2.24) is 24.9 Å². The van der Waals surface area contributed by atoms with Crippen molar-refractivity contribution in [1.29, 1.82) is 0 Å². The van der Waals surface area contributed by atoms with Gasteiger partial charge in [-0.1, -0.05) is 30.3 Å². The second-order valence-electron chi connectivity index (χ2n) is 8.52. The maximum absolute atomic E-state index is 13.3. The minimum atomic E-state index is -0.243. The fourth-order valence-electron chi connectivity index (χ4n) is 4.49. The van der Waals surface area contributed by atoms with Crippen LogP contribution in [-0.2, 0) is 40.3 Å². The van der Waals surface area contributed by atoms with E-state index in [0.717, 1.165) is 43.6 Å². The van der Waals surface area contributed by atoms with Crippen molar-refractivity contribution in [3.8, 4) is 0 Å². The van der Waals surface area contributed by atoms with Crippen LogP contribution in [0.1, 0.15) is 40.2 Å². The highest BCUT2D eigenvalue weighted by Crippen LogP contribution is 2.25. The molecule has 1 saturated heterocycles. The summed E-state index contributed by atoms with van der Waals surface area (Å²) in [5.41, 5.74) is 3.72. The number of fused-ring (bicyclic) bond motifs is 1. The predicted octanol–water partition coefficient (Wildman–Crippen LogP) is 1.01. The van der Waals surface area contributed by atoms with Gasteiger partial charge in [0.1, 0.15) is 0 Å². The average molecular weight is 454 g/mol. The van der Waals surface area contributed by atoms with E-state index in [1.54, 1.807) is 4.90 Å². The Morgan fingerprint density at radius 2 is 1.94 bits per heavy atom. The number of rotatable bonds is 8. The maximum atomic E-state index is 13.3. The molecule has 2 aromatic rings. The van der Waals surface area contributed by atoms with E-state index < -0.39 is 0 Å². The highest BCUT2D eigenvalue weighted by atomic mass is 16.5. The van der Waals surface area contributed by atoms with Crippen LogP contribution < -0.4 is 5.32 Å². The number of aromatic nitrogens is 2. The first-order valence-electron chi connectivity index (χ1n) is 11.5. The molecule has 1 aromatic carbocycles. The molecule has 1 aromatic heterocycles. The molecule has 0 saturated carbocycles. The minimum absolute atomic E-state index is 0.0561. The third-order valence-corrected chi connectivity index (χ3v) is 6.28. The second kappa shape index (κ2) is 10.6. The summed E-state index contributed by atoms with van der Waals surface area (Å²) in [4.78, 5) is 40.5. The number of carbonyl (C=O) groups is 3. The van der Waals surface area contributed by atoms with Crippen molar-refractivity contribution in [2.45, 2.75) is 38.8 Å². The lowest BCUT2D eigenvalue weighted by molar-refractivity contribution is -0.141. The van der Waals surface area contributed by atoms with Gasteiger partial charge < -0.3 is 15.0 Å². The van der Waals surface area contributed by atoms with E-state index >= 15 is 0 Å². The first kappa shape index (κ1) is 23.0. The number of methoxy groups -OCH3 is 1. The molecule has 0 bridgehead atoms. The Kier molecular flexibility index (Phi) is 7.39. The van der Waals surface area contributed by atoms with Crippen LogP contribution in [0.5, 0.6) is 0 Å². The molecule has 4 rings (SSSR count). The Hall–Kier alpha value is -3.20. The van der Waals surface area contributed by atoms with Gasteiger partial charge in [0.25, 0.3) is 5.91 Å². The highest BCUT2D eigenvalue weighted by Gasteiger charge is 2.32. The zero-order chi connectivity index (χ0) is 23.2. The van der Waals surface area contributed by atoms with E-state index in [0.29, 0.717) is 38.3 Å². The monoisotopic (exact) mass is 453 g/mol. The summed E-state index contributed by atoms with van der Waals surface area (Å²) < 4.78 is 6.75. The van der Waals surface area contributed by atoms with Crippen LogP contribution in [-0.4, -0.2) is 77.2 Å². The number of nitrogens with zero attached hydrogens (tertiary/aromatic N) is 4. The van der Waals surface area contributed by atoms with E-state index in [4.69, 9.17) is 9.84 Å². The fraction of sp³-hybridized carbons (Fsp3) is 0.500. The van der Waals surface area contributed by atoms with Crippen molar-refractivity contribution in [3.63, 3.8) is 0 Å². The molecule has 3 heterocycles. The topological polar surface area (TPSA) is 96.8 Å². The van der Waals surface area contributed by atoms with Gasteiger partial charge in [-0.25, -0.2) is 0 Å². The first-order chi connectivity index (χ1) is 16.0. The molecule has 2 aliphatic rings. The quantitative estimate of drug-likeness (QED) is 0.600. The van der Waals surface area contributed by atoms with Gasteiger partial charge in [-0.15, -0.1) is 0 Å². The van der Waals surface area contributed by atoms with Crippen molar-refractivity contribution in [3.05, 3.63) is 52.8 Å². The van der Waals surface area contributed by atoms with Gasteiger partial charge in [0.2, 0.25) is 5.91 Å². The maximum Gasteiger partial charge on any atom is 0.306 e. The normalized spacial score (nSPS) is 16.3. The average Bonchev–Trinajstić information content (AvgIpc) is 3.20. The summed E-state index contributed by atoms with van der Waals surface area (Å²) in [6, 6.07) is 10.3. The van der Waals surface area contributed by atoms with E-state index in [-0.39, 0.29) is 24.3 Å². The lowest BCUT2D eigenvalue weighted by atomic mass is 10.0. The number of amides is 2. The van der Waals surface area contributed by atoms with Gasteiger partial charge in [0, 0.05) is 56.9 Å². The Bertz CT molecular complexity index is 1000. The number of aryl methyl sites for hydroxylation is 2. The van der Waals surface area contributed by atoms with Crippen LogP contribution in [0.2, 0.25) is 0 Å². The molecule has 9 heteroatoms. The zero-order valence-electron chi connectivity index (χ0n) is 19.1. The summed E-state index contributed by atoms with van der Waals surface area (Å²) in [6.07, 6.45) is 2.94. The molecular formula is C24H31N5O4. The zero-order valence-corrected chi connectivity index (χ0v) is 19.1. The second-order valence-corrected chi connectivity index (χ2v) is 8.52. The van der Waals surface area contributed by atoms with E-state index in [2.05, 4.69) is 22.3 Å². The number of hydrogen-bond donors (Lipinski definition) is 1. The molecule has 0 spiro atoms. The number of ether oxygens (including phenoxy) is 1. The number of carbonyl (C=O) groups excluding carboxylic acids is 3. The molecule has 9 nitrogen and oxygen atoms in total. The van der Waals surface area contributed by atoms with E-state index in [9.17, 15) is 14.4 Å². The SMILES string of the molecule is COC(=O)CCN1CCc2c(c(C(=O)N3CCNC(=O)C3)nn2CCCc2ccccc2)C1. The molecule has 0 atom stereocenters. The van der Waals surface area contributed by atoms with Gasteiger partial charge in [-0.3, -0.25) is 24.0 Å². The van der Waals surface area contributed by atoms with Crippen LogP contribution in [0.25, 0.3) is 0 Å². The number of esters is 1. The van der Waals surface area contributed by atoms with Crippen molar-refractivity contribution < 1.29 is 19.1 Å². The molecule has 2 amide bonds. The van der Waals surface area contributed by atoms with E-state index in [1.807, 2.05) is 22.9 Å². The number of piperazine rings is 1. The molecule has 0 radical (unpaired) electrons. The summed E-state index contributed by atoms with van der Waals surface area (Å²) in [7, 11) is 1.39. The molecule has 2 aliphatic heterocycles. The van der Waals surface area contributed by atoms with Gasteiger partial charge in [-0.2, -0.15) is 5.10 Å². The van der Waals surface area contributed by atoms with Crippen LogP contribution in [0.15, 0.2) is 30.3 Å². The lowest BCUT2D eigenvalue weighted by Gasteiger charge is -2.29. The Balaban J connectivity index is 1.52. The largest absolute Gasteiger partial charge is 0.469 e. The summed E-state index contributed by atoms with van der Waals surface area (Å²) >= 11 is 0. The standard InChI is InChI=1S/C24H31N5O4/c1-33-22(31)10-14-27-13-9-20-19(16-27)23(24(32)28-15-11-25-21(30)17-28)26-29(20)12-5-8-18-6-3-2-4-7-18/h2-4,6-7H,5,8-17H2,1H3,(H,25,30). The Morgan fingerprint density at radius 1 is 1.12 bits per heavy atom. The third-order valence-electron chi connectivity index (χ3n) is 6.28. The number of hydrogen-bond acceptors (Lipinski definition) is 6. The smallest absolute Gasteiger partial charge is 0.306 e. The van der Waals surface area contributed by atoms with Crippen LogP contribution >= 0.6 is 0 Å². The summed E-state index contributed by atoms with van der Waals surface area (Å²) in [5, 5.41) is 7.50. The predicted molar refractivity (Wildman–Crippen MR) is 122 cm³/mol. The summed E-state index contributed by atoms with van der Waals surface area (Å²) in [6.45, 7) is 3.65. The van der Waals surface area contributed by atoms with Gasteiger partial charge in [0.05, 0.1) is 20.1 Å². The molecular weight excluding hydrogens is 422 g/mol. The highest BCUT2D eigenvalue weighted by molar-refractivity contribution is 5.97. The third kappa shape index (κ3) is 5.60. The molecule has 176 valence electrons. The number of nitrogens with one attached hydrogen (secondary N) is 1. The van der Waals surface area contributed by atoms with Crippen LogP contribution in [0, 0.1) is 0 Å². The molecule has 33 heavy (non-hydrogen) atoms. The van der Waals surface area contributed by atoms with Gasteiger partial charge >= 0.3 is 5.97 Å². The fourth-order valence-corrected chi connectivity index (χ4v) is 4.49. The van der Waals surface area contributed by atoms with Crippen molar-refractivity contribution in [2.24, 2.45) is 0 Å². The molecule has 1 N–H and O–H groups in total. The molecule has 0 unspecified atom stereocenters. The first-order valence-corrected chi connectivity index (χ1v) is 11.5. The lowest BCUT2D eigenvalue weighted by Crippen LogP contribution is -2.50. The van der Waals surface area contributed by atoms with Crippen LogP contribution in [0.3, 0.4) is 0 Å².